The summed E-state index contributed by atoms with van der Waals surface area (Å²) in [7, 11) is 0. The molecule has 4 heteroatoms. The van der Waals surface area contributed by atoms with Crippen molar-refractivity contribution in [1.29, 1.82) is 0 Å². The number of thiophene rings is 1. The van der Waals surface area contributed by atoms with Gasteiger partial charge in [0.2, 0.25) is 5.91 Å². The number of hydrogen-bond acceptors (Lipinski definition) is 3. The van der Waals surface area contributed by atoms with Crippen LogP contribution in [0.4, 0.5) is 0 Å². The van der Waals surface area contributed by atoms with Crippen LogP contribution in [0.25, 0.3) is 0 Å². The summed E-state index contributed by atoms with van der Waals surface area (Å²) in [5.41, 5.74) is 1.13. The first-order chi connectivity index (χ1) is 9.84. The number of aromatic nitrogens is 1. The molecule has 0 N–H and O–H groups in total. The van der Waals surface area contributed by atoms with E-state index in [-0.39, 0.29) is 5.91 Å². The monoisotopic (exact) mass is 286 g/mol. The number of nitrogens with zero attached hydrogens (tertiary/aromatic N) is 2. The third kappa shape index (κ3) is 2.90. The van der Waals surface area contributed by atoms with Crippen LogP contribution in [0.1, 0.15) is 35.7 Å². The Morgan fingerprint density at radius 1 is 1.40 bits per heavy atom. The van der Waals surface area contributed by atoms with Crippen LogP contribution in [0, 0.1) is 0 Å². The fraction of sp³-hybridized carbons (Fsp3) is 0.375. The van der Waals surface area contributed by atoms with Crippen LogP contribution in [0.2, 0.25) is 0 Å². The molecule has 3 rings (SSSR count). The molecule has 0 saturated carbocycles. The lowest BCUT2D eigenvalue weighted by Crippen LogP contribution is -2.30. The van der Waals surface area contributed by atoms with Gasteiger partial charge in [-0.05, 0) is 42.3 Å². The molecule has 1 fully saturated rings. The lowest BCUT2D eigenvalue weighted by atomic mass is 10.1. The van der Waals surface area contributed by atoms with E-state index in [0.717, 1.165) is 31.4 Å². The summed E-state index contributed by atoms with van der Waals surface area (Å²) in [5, 5.41) is 2.09. The summed E-state index contributed by atoms with van der Waals surface area (Å²) < 4.78 is 0. The van der Waals surface area contributed by atoms with Crippen molar-refractivity contribution in [1.82, 2.24) is 9.88 Å². The Labute approximate surface area is 123 Å². The summed E-state index contributed by atoms with van der Waals surface area (Å²) >= 11 is 1.75. The summed E-state index contributed by atoms with van der Waals surface area (Å²) in [6.45, 7) is 0.897. The van der Waals surface area contributed by atoms with Crippen LogP contribution in [0.3, 0.4) is 0 Å². The van der Waals surface area contributed by atoms with E-state index in [1.165, 1.54) is 4.88 Å². The number of amides is 1. The van der Waals surface area contributed by atoms with E-state index in [4.69, 9.17) is 0 Å². The molecule has 3 nitrogen and oxygen atoms in total. The van der Waals surface area contributed by atoms with Gasteiger partial charge in [0.15, 0.2) is 0 Å². The molecule has 104 valence electrons. The zero-order valence-corrected chi connectivity index (χ0v) is 12.2. The van der Waals surface area contributed by atoms with Crippen molar-refractivity contribution >= 4 is 17.2 Å². The summed E-state index contributed by atoms with van der Waals surface area (Å²) in [5.74, 6) is 0.268. The topological polar surface area (TPSA) is 33.2 Å². The highest BCUT2D eigenvalue weighted by molar-refractivity contribution is 7.10. The van der Waals surface area contributed by atoms with Gasteiger partial charge in [0, 0.05) is 30.2 Å². The van der Waals surface area contributed by atoms with Crippen molar-refractivity contribution in [3.63, 3.8) is 0 Å². The maximum atomic E-state index is 12.4. The van der Waals surface area contributed by atoms with E-state index in [0.29, 0.717) is 12.5 Å². The van der Waals surface area contributed by atoms with Gasteiger partial charge in [-0.2, -0.15) is 0 Å². The molecular weight excluding hydrogens is 268 g/mol. The average Bonchev–Trinajstić information content (AvgIpc) is 3.15. The number of aryl methyl sites for hydroxylation is 1. The Kier molecular flexibility index (Phi) is 4.11. The van der Waals surface area contributed by atoms with Crippen molar-refractivity contribution in [2.24, 2.45) is 0 Å². The zero-order valence-electron chi connectivity index (χ0n) is 11.4. The SMILES string of the molecule is O=C(CCc1cccnc1)N1CCCC1c1cccs1. The second-order valence-electron chi connectivity index (χ2n) is 5.12. The van der Waals surface area contributed by atoms with Gasteiger partial charge in [0.1, 0.15) is 0 Å². The number of rotatable bonds is 4. The van der Waals surface area contributed by atoms with E-state index in [1.54, 1.807) is 17.5 Å². The van der Waals surface area contributed by atoms with Crippen LogP contribution in [-0.2, 0) is 11.2 Å². The lowest BCUT2D eigenvalue weighted by Gasteiger charge is -2.24. The standard InChI is InChI=1S/C16H18N2OS/c19-16(8-7-13-4-1-9-17-12-13)18-10-2-5-14(18)15-6-3-11-20-15/h1,3-4,6,9,11-12,14H,2,5,7-8,10H2. The third-order valence-corrected chi connectivity index (χ3v) is 4.77. The Morgan fingerprint density at radius 3 is 3.10 bits per heavy atom. The van der Waals surface area contributed by atoms with E-state index in [9.17, 15) is 4.79 Å². The van der Waals surface area contributed by atoms with Gasteiger partial charge in [0.25, 0.3) is 0 Å². The number of carbonyl (C=O) groups is 1. The Hall–Kier alpha value is -1.68. The van der Waals surface area contributed by atoms with Gasteiger partial charge >= 0.3 is 0 Å². The number of carbonyl (C=O) groups excluding carboxylic acids is 1. The summed E-state index contributed by atoms with van der Waals surface area (Å²) in [6.07, 6.45) is 7.17. The molecule has 1 aliphatic rings. The minimum atomic E-state index is 0.268. The second-order valence-corrected chi connectivity index (χ2v) is 6.10. The molecule has 3 heterocycles. The molecule has 1 aliphatic heterocycles. The normalized spacial score (nSPS) is 18.4. The van der Waals surface area contributed by atoms with Crippen molar-refractivity contribution < 1.29 is 4.79 Å². The first-order valence-corrected chi connectivity index (χ1v) is 7.94. The van der Waals surface area contributed by atoms with E-state index >= 15 is 0 Å². The third-order valence-electron chi connectivity index (χ3n) is 3.80. The highest BCUT2D eigenvalue weighted by atomic mass is 32.1. The predicted molar refractivity (Wildman–Crippen MR) is 80.6 cm³/mol. The highest BCUT2D eigenvalue weighted by Crippen LogP contribution is 2.34. The first-order valence-electron chi connectivity index (χ1n) is 7.06. The number of pyridine rings is 1. The largest absolute Gasteiger partial charge is 0.335 e. The Bertz CT molecular complexity index is 553. The molecule has 1 amide bonds. The second kappa shape index (κ2) is 6.18. The zero-order chi connectivity index (χ0) is 13.8. The minimum absolute atomic E-state index is 0.268. The summed E-state index contributed by atoms with van der Waals surface area (Å²) in [6, 6.07) is 8.46. The van der Waals surface area contributed by atoms with Gasteiger partial charge in [-0.25, -0.2) is 0 Å². The van der Waals surface area contributed by atoms with Crippen molar-refractivity contribution in [2.75, 3.05) is 6.54 Å². The van der Waals surface area contributed by atoms with E-state index < -0.39 is 0 Å². The molecule has 0 bridgehead atoms. The number of likely N-dealkylation sites (tertiary alicyclic amines) is 1. The molecule has 1 unspecified atom stereocenters. The minimum Gasteiger partial charge on any atom is -0.335 e. The molecule has 0 aliphatic carbocycles. The first kappa shape index (κ1) is 13.3. The van der Waals surface area contributed by atoms with Crippen LogP contribution >= 0.6 is 11.3 Å². The molecular formula is C16H18N2OS. The maximum absolute atomic E-state index is 12.4. The van der Waals surface area contributed by atoms with Crippen LogP contribution in [0.5, 0.6) is 0 Å². The van der Waals surface area contributed by atoms with Crippen LogP contribution in [-0.4, -0.2) is 22.3 Å². The Morgan fingerprint density at radius 2 is 2.35 bits per heavy atom. The quantitative estimate of drug-likeness (QED) is 0.862. The van der Waals surface area contributed by atoms with E-state index in [2.05, 4.69) is 27.4 Å². The number of hydrogen-bond donors (Lipinski definition) is 0. The fourth-order valence-corrected chi connectivity index (χ4v) is 3.66. The lowest BCUT2D eigenvalue weighted by molar-refractivity contribution is -0.132. The highest BCUT2D eigenvalue weighted by Gasteiger charge is 2.29. The molecule has 0 radical (unpaired) electrons. The smallest absolute Gasteiger partial charge is 0.223 e. The van der Waals surface area contributed by atoms with Gasteiger partial charge in [-0.1, -0.05) is 12.1 Å². The van der Waals surface area contributed by atoms with Crippen molar-refractivity contribution in [3.8, 4) is 0 Å². The fourth-order valence-electron chi connectivity index (χ4n) is 2.78. The molecule has 0 spiro atoms. The summed E-state index contributed by atoms with van der Waals surface area (Å²) in [4.78, 5) is 19.9. The van der Waals surface area contributed by atoms with Gasteiger partial charge in [-0.15, -0.1) is 11.3 Å². The van der Waals surface area contributed by atoms with Crippen LogP contribution < -0.4 is 0 Å². The molecule has 0 aromatic carbocycles. The average molecular weight is 286 g/mol. The molecule has 1 atom stereocenters. The Balaban J connectivity index is 1.62. The molecule has 2 aromatic heterocycles. The molecule has 1 saturated heterocycles. The van der Waals surface area contributed by atoms with Gasteiger partial charge in [0.05, 0.1) is 6.04 Å². The van der Waals surface area contributed by atoms with Crippen LogP contribution in [0.15, 0.2) is 42.0 Å². The van der Waals surface area contributed by atoms with Gasteiger partial charge in [-0.3, -0.25) is 9.78 Å². The maximum Gasteiger partial charge on any atom is 0.223 e. The van der Waals surface area contributed by atoms with Crippen molar-refractivity contribution in [2.45, 2.75) is 31.7 Å². The van der Waals surface area contributed by atoms with Gasteiger partial charge < -0.3 is 4.90 Å². The van der Waals surface area contributed by atoms with E-state index in [1.807, 2.05) is 18.3 Å². The molecule has 2 aromatic rings. The predicted octanol–water partition coefficient (Wildman–Crippen LogP) is 3.44. The molecule has 20 heavy (non-hydrogen) atoms. The van der Waals surface area contributed by atoms with Crippen molar-refractivity contribution in [3.05, 3.63) is 52.5 Å².